The predicted octanol–water partition coefficient (Wildman–Crippen LogP) is 2.40. The highest BCUT2D eigenvalue weighted by molar-refractivity contribution is 5.93. The zero-order chi connectivity index (χ0) is 19.4. The number of benzene rings is 2. The number of hydrogen-bond acceptors (Lipinski definition) is 6. The van der Waals surface area contributed by atoms with Crippen molar-refractivity contribution in [1.82, 2.24) is 10.3 Å². The molecule has 0 aliphatic heterocycles. The Morgan fingerprint density at radius 2 is 1.96 bits per heavy atom. The summed E-state index contributed by atoms with van der Waals surface area (Å²) >= 11 is 0. The van der Waals surface area contributed by atoms with E-state index in [0.29, 0.717) is 23.1 Å². The van der Waals surface area contributed by atoms with Crippen LogP contribution in [0.25, 0.3) is 11.1 Å². The van der Waals surface area contributed by atoms with Crippen molar-refractivity contribution in [3.63, 3.8) is 0 Å². The number of aliphatic hydroxyl groups excluding tert-OH is 1. The van der Waals surface area contributed by atoms with Gasteiger partial charge in [0.15, 0.2) is 11.7 Å². The number of nitrogens with one attached hydrogen (secondary N) is 1. The van der Waals surface area contributed by atoms with Crippen molar-refractivity contribution in [2.24, 2.45) is 0 Å². The molecule has 2 unspecified atom stereocenters. The lowest BCUT2D eigenvalue weighted by atomic mass is 10.0. The van der Waals surface area contributed by atoms with Gasteiger partial charge in [0.2, 0.25) is 11.8 Å². The molecule has 1 amide bonds. The summed E-state index contributed by atoms with van der Waals surface area (Å²) in [7, 11) is 1.30. The molecule has 3 rings (SSSR count). The number of aromatic nitrogens is 1. The molecule has 7 heteroatoms. The Labute approximate surface area is 156 Å². The van der Waals surface area contributed by atoms with Crippen LogP contribution in [0, 0.1) is 0 Å². The summed E-state index contributed by atoms with van der Waals surface area (Å²) in [6.07, 6.45) is -0.739. The average Bonchev–Trinajstić information content (AvgIpc) is 3.10. The summed E-state index contributed by atoms with van der Waals surface area (Å²) < 4.78 is 10.3. The third kappa shape index (κ3) is 4.32. The lowest BCUT2D eigenvalue weighted by Gasteiger charge is -2.21. The van der Waals surface area contributed by atoms with Crippen molar-refractivity contribution in [1.29, 1.82) is 0 Å². The number of esters is 1. The van der Waals surface area contributed by atoms with E-state index in [1.807, 2.05) is 30.3 Å². The topological polar surface area (TPSA) is 102 Å². The lowest BCUT2D eigenvalue weighted by molar-refractivity contribution is -0.120. The number of aliphatic hydroxyl groups is 1. The van der Waals surface area contributed by atoms with Crippen LogP contribution < -0.4 is 5.32 Å². The Morgan fingerprint density at radius 3 is 2.63 bits per heavy atom. The second-order valence-corrected chi connectivity index (χ2v) is 6.17. The third-order valence-corrected chi connectivity index (χ3v) is 4.15. The molecule has 1 aromatic heterocycles. The number of carbonyl (C=O) groups excluding carboxylic acids is 2. The highest BCUT2D eigenvalue weighted by Gasteiger charge is 2.27. The Kier molecular flexibility index (Phi) is 5.52. The molecular formula is C20H20N2O5. The third-order valence-electron chi connectivity index (χ3n) is 4.15. The fraction of sp³-hybridized carbons (Fsp3) is 0.250. The van der Waals surface area contributed by atoms with Gasteiger partial charge in [-0.1, -0.05) is 30.3 Å². The molecule has 0 radical (unpaired) electrons. The number of carbonyl (C=O) groups is 2. The number of methoxy groups -OCH3 is 1. The lowest BCUT2D eigenvalue weighted by Crippen LogP contribution is -2.39. The first kappa shape index (κ1) is 18.6. The molecule has 0 spiro atoms. The molecule has 0 saturated carbocycles. The summed E-state index contributed by atoms with van der Waals surface area (Å²) in [6, 6.07) is 13.6. The van der Waals surface area contributed by atoms with Crippen molar-refractivity contribution in [3.05, 3.63) is 65.5 Å². The standard InChI is InChI=1S/C20H20N2O5/c1-12(23)21-16(10-13-6-4-3-5-7-13)18(24)19-22-15-11-14(20(25)26-2)8-9-17(15)27-19/h3-9,11,16,18,24H,10H2,1-2H3,(H,21,23). The van der Waals surface area contributed by atoms with Crippen molar-refractivity contribution < 1.29 is 23.8 Å². The van der Waals surface area contributed by atoms with E-state index in [2.05, 4.69) is 10.3 Å². The van der Waals surface area contributed by atoms with E-state index in [9.17, 15) is 14.7 Å². The molecule has 3 aromatic rings. The maximum absolute atomic E-state index is 11.7. The molecule has 2 atom stereocenters. The van der Waals surface area contributed by atoms with Crippen molar-refractivity contribution in [2.75, 3.05) is 7.11 Å². The molecule has 0 saturated heterocycles. The fourth-order valence-electron chi connectivity index (χ4n) is 2.86. The van der Waals surface area contributed by atoms with Crippen LogP contribution in [0.2, 0.25) is 0 Å². The first-order valence-corrected chi connectivity index (χ1v) is 8.46. The van der Waals surface area contributed by atoms with E-state index >= 15 is 0 Å². The summed E-state index contributed by atoms with van der Waals surface area (Å²) in [5.41, 5.74) is 2.15. The SMILES string of the molecule is COC(=O)c1ccc2oc(C(O)C(Cc3ccccc3)NC(C)=O)nc2c1. The highest BCUT2D eigenvalue weighted by Crippen LogP contribution is 2.25. The van der Waals surface area contributed by atoms with Gasteiger partial charge in [-0.2, -0.15) is 0 Å². The van der Waals surface area contributed by atoms with Crippen LogP contribution in [0.3, 0.4) is 0 Å². The largest absolute Gasteiger partial charge is 0.465 e. The minimum absolute atomic E-state index is 0.0710. The van der Waals surface area contributed by atoms with Gasteiger partial charge in [-0.05, 0) is 30.2 Å². The van der Waals surface area contributed by atoms with Crippen molar-refractivity contribution >= 4 is 23.0 Å². The van der Waals surface area contributed by atoms with Gasteiger partial charge in [-0.15, -0.1) is 0 Å². The maximum Gasteiger partial charge on any atom is 0.337 e. The first-order chi connectivity index (χ1) is 13.0. The van der Waals surface area contributed by atoms with E-state index in [4.69, 9.17) is 9.15 Å². The van der Waals surface area contributed by atoms with E-state index in [-0.39, 0.29) is 11.8 Å². The van der Waals surface area contributed by atoms with E-state index < -0.39 is 18.1 Å². The Morgan fingerprint density at radius 1 is 1.22 bits per heavy atom. The number of fused-ring (bicyclic) bond motifs is 1. The Bertz CT molecular complexity index is 951. The van der Waals surface area contributed by atoms with Gasteiger partial charge in [0.05, 0.1) is 18.7 Å². The molecule has 0 aliphatic carbocycles. The van der Waals surface area contributed by atoms with Crippen LogP contribution in [0.4, 0.5) is 0 Å². The average molecular weight is 368 g/mol. The Hall–Kier alpha value is -3.19. The van der Waals surface area contributed by atoms with Gasteiger partial charge in [0, 0.05) is 6.92 Å². The predicted molar refractivity (Wildman–Crippen MR) is 98.1 cm³/mol. The van der Waals surface area contributed by atoms with E-state index in [1.165, 1.54) is 20.1 Å². The van der Waals surface area contributed by atoms with E-state index in [0.717, 1.165) is 5.56 Å². The molecule has 27 heavy (non-hydrogen) atoms. The second kappa shape index (κ2) is 8.01. The number of ether oxygens (including phenoxy) is 1. The number of oxazole rings is 1. The van der Waals surface area contributed by atoms with Crippen LogP contribution in [-0.2, 0) is 16.0 Å². The van der Waals surface area contributed by atoms with Gasteiger partial charge in [-0.3, -0.25) is 4.79 Å². The number of amides is 1. The molecule has 0 fully saturated rings. The zero-order valence-electron chi connectivity index (χ0n) is 15.0. The molecule has 1 heterocycles. The fourth-order valence-corrected chi connectivity index (χ4v) is 2.86. The molecule has 0 aliphatic rings. The number of hydrogen-bond donors (Lipinski definition) is 2. The van der Waals surface area contributed by atoms with Crippen LogP contribution >= 0.6 is 0 Å². The van der Waals surface area contributed by atoms with Crippen LogP contribution in [0.1, 0.15) is 34.8 Å². The molecule has 2 N–H and O–H groups in total. The van der Waals surface area contributed by atoms with Gasteiger partial charge in [0.25, 0.3) is 0 Å². The van der Waals surface area contributed by atoms with Crippen LogP contribution in [0.5, 0.6) is 0 Å². The minimum atomic E-state index is -1.15. The smallest absolute Gasteiger partial charge is 0.337 e. The number of nitrogens with zero attached hydrogens (tertiary/aromatic N) is 1. The Balaban J connectivity index is 1.89. The second-order valence-electron chi connectivity index (χ2n) is 6.17. The molecule has 140 valence electrons. The molecular weight excluding hydrogens is 348 g/mol. The van der Waals surface area contributed by atoms with Gasteiger partial charge in [-0.25, -0.2) is 9.78 Å². The summed E-state index contributed by atoms with van der Waals surface area (Å²) in [5, 5.41) is 13.5. The van der Waals surface area contributed by atoms with Crippen molar-refractivity contribution in [3.8, 4) is 0 Å². The summed E-state index contributed by atoms with van der Waals surface area (Å²) in [6.45, 7) is 1.39. The number of rotatable bonds is 6. The zero-order valence-corrected chi connectivity index (χ0v) is 15.0. The molecule has 2 aromatic carbocycles. The van der Waals surface area contributed by atoms with Gasteiger partial charge >= 0.3 is 5.97 Å². The molecule has 7 nitrogen and oxygen atoms in total. The minimum Gasteiger partial charge on any atom is -0.465 e. The van der Waals surface area contributed by atoms with Gasteiger partial charge in [0.1, 0.15) is 5.52 Å². The quantitative estimate of drug-likeness (QED) is 0.648. The van der Waals surface area contributed by atoms with E-state index in [1.54, 1.807) is 12.1 Å². The summed E-state index contributed by atoms with van der Waals surface area (Å²) in [4.78, 5) is 27.5. The van der Waals surface area contributed by atoms with Crippen molar-refractivity contribution in [2.45, 2.75) is 25.5 Å². The first-order valence-electron chi connectivity index (χ1n) is 8.46. The summed E-state index contributed by atoms with van der Waals surface area (Å²) in [5.74, 6) is -0.678. The van der Waals surface area contributed by atoms with Crippen LogP contribution in [-0.4, -0.2) is 35.1 Å². The molecule has 0 bridgehead atoms. The van der Waals surface area contributed by atoms with Gasteiger partial charge < -0.3 is 19.6 Å². The highest BCUT2D eigenvalue weighted by atomic mass is 16.5. The van der Waals surface area contributed by atoms with Crippen LogP contribution in [0.15, 0.2) is 52.9 Å². The maximum atomic E-state index is 11.7. The normalized spacial score (nSPS) is 13.1. The monoisotopic (exact) mass is 368 g/mol.